The second-order valence-electron chi connectivity index (χ2n) is 4.64. The Balaban J connectivity index is 2.10. The molecule has 21 heavy (non-hydrogen) atoms. The minimum Gasteiger partial charge on any atom is -0.480 e. The number of anilines is 1. The van der Waals surface area contributed by atoms with Crippen molar-refractivity contribution >= 4 is 39.6 Å². The Labute approximate surface area is 133 Å². The Bertz CT molecular complexity index is 678. The minimum absolute atomic E-state index is 0.0640. The van der Waals surface area contributed by atoms with Gasteiger partial charge in [0.15, 0.2) is 11.9 Å². The van der Waals surface area contributed by atoms with Gasteiger partial charge in [-0.05, 0) is 22.6 Å². The van der Waals surface area contributed by atoms with Crippen molar-refractivity contribution in [1.82, 2.24) is 19.7 Å². The zero-order valence-corrected chi connectivity index (χ0v) is 13.3. The van der Waals surface area contributed by atoms with Gasteiger partial charge in [0.05, 0.1) is 19.8 Å². The maximum atomic E-state index is 9.84. The lowest BCUT2D eigenvalue weighted by Crippen LogP contribution is -2.24. The quantitative estimate of drug-likeness (QED) is 0.590. The molecular weight excluding hydrogens is 393 g/mol. The molecule has 9 nitrogen and oxygen atoms in total. The molecule has 0 radical (unpaired) electrons. The fourth-order valence-corrected chi connectivity index (χ4v) is 3.06. The van der Waals surface area contributed by atoms with Crippen LogP contribution in [0.15, 0.2) is 0 Å². The van der Waals surface area contributed by atoms with Gasteiger partial charge in [0.25, 0.3) is 0 Å². The van der Waals surface area contributed by atoms with Crippen molar-refractivity contribution in [2.45, 2.75) is 24.9 Å². The Morgan fingerprint density at radius 3 is 2.90 bits per heavy atom. The van der Waals surface area contributed by atoms with Gasteiger partial charge in [-0.15, -0.1) is 0 Å². The van der Waals surface area contributed by atoms with E-state index in [2.05, 4.69) is 15.1 Å². The number of nitrogens with zero attached hydrogens (tertiary/aromatic N) is 4. The summed E-state index contributed by atoms with van der Waals surface area (Å²) in [6.45, 7) is -0.256. The van der Waals surface area contributed by atoms with Gasteiger partial charge < -0.3 is 25.4 Å². The molecule has 0 amide bonds. The van der Waals surface area contributed by atoms with Gasteiger partial charge in [-0.25, -0.2) is 4.68 Å². The van der Waals surface area contributed by atoms with Gasteiger partial charge in [0.2, 0.25) is 11.8 Å². The second kappa shape index (κ2) is 5.51. The Hall–Kier alpha value is -1.24. The largest absolute Gasteiger partial charge is 0.480 e. The highest BCUT2D eigenvalue weighted by molar-refractivity contribution is 14.1. The normalized spacial score (nSPS) is 25.6. The maximum absolute atomic E-state index is 9.84. The number of ether oxygens (including phenoxy) is 2. The van der Waals surface area contributed by atoms with Gasteiger partial charge in [-0.2, -0.15) is 15.1 Å². The number of nitrogen functional groups attached to an aromatic ring is 1. The first-order valence-corrected chi connectivity index (χ1v) is 7.32. The molecule has 1 fully saturated rings. The van der Waals surface area contributed by atoms with E-state index in [4.69, 9.17) is 20.3 Å². The first kappa shape index (κ1) is 14.7. The van der Waals surface area contributed by atoms with Gasteiger partial charge in [-0.1, -0.05) is 0 Å². The number of rotatable bonds is 3. The molecule has 2 aromatic rings. The molecule has 1 aliphatic rings. The summed E-state index contributed by atoms with van der Waals surface area (Å²) in [7, 11) is 1.49. The van der Waals surface area contributed by atoms with E-state index in [0.29, 0.717) is 27.0 Å². The summed E-state index contributed by atoms with van der Waals surface area (Å²) >= 11 is 2.05. The summed E-state index contributed by atoms with van der Waals surface area (Å²) in [6, 6.07) is 0. The van der Waals surface area contributed by atoms with Gasteiger partial charge >= 0.3 is 0 Å². The predicted octanol–water partition coefficient (Wildman–Crippen LogP) is -0.338. The van der Waals surface area contributed by atoms with Crippen molar-refractivity contribution in [3.63, 3.8) is 0 Å². The first-order chi connectivity index (χ1) is 10.0. The number of aromatic nitrogens is 4. The zero-order valence-electron chi connectivity index (χ0n) is 11.1. The molecule has 3 atom stereocenters. The SMILES string of the molecule is COc1nc(N)nc2c1c(I)nn2[C@H]1C[C@@H](O)[C@@H](CO)O1. The Morgan fingerprint density at radius 2 is 2.29 bits per heavy atom. The molecule has 2 aromatic heterocycles. The number of hydrogen-bond acceptors (Lipinski definition) is 8. The van der Waals surface area contributed by atoms with Crippen LogP contribution in [0.3, 0.4) is 0 Å². The molecule has 114 valence electrons. The van der Waals surface area contributed by atoms with Crippen LogP contribution >= 0.6 is 22.6 Å². The van der Waals surface area contributed by atoms with Crippen LogP contribution in [0.1, 0.15) is 12.6 Å². The Kier molecular flexibility index (Phi) is 3.86. The molecule has 3 heterocycles. The van der Waals surface area contributed by atoms with E-state index in [1.807, 2.05) is 22.6 Å². The highest BCUT2D eigenvalue weighted by atomic mass is 127. The summed E-state index contributed by atoms with van der Waals surface area (Å²) in [5.41, 5.74) is 6.15. The van der Waals surface area contributed by atoms with E-state index in [-0.39, 0.29) is 12.6 Å². The first-order valence-electron chi connectivity index (χ1n) is 6.24. The third-order valence-corrected chi connectivity index (χ3v) is 4.10. The Morgan fingerprint density at radius 1 is 1.52 bits per heavy atom. The van der Waals surface area contributed by atoms with Crippen molar-refractivity contribution < 1.29 is 19.7 Å². The number of fused-ring (bicyclic) bond motifs is 1. The number of nitrogens with two attached hydrogens (primary N) is 1. The molecule has 0 aromatic carbocycles. The zero-order chi connectivity index (χ0) is 15.1. The van der Waals surface area contributed by atoms with Crippen molar-refractivity contribution in [1.29, 1.82) is 0 Å². The van der Waals surface area contributed by atoms with Gasteiger partial charge in [-0.3, -0.25) is 0 Å². The minimum atomic E-state index is -0.752. The number of methoxy groups -OCH3 is 1. The third kappa shape index (κ3) is 2.41. The molecule has 10 heteroatoms. The number of halogens is 1. The smallest absolute Gasteiger partial charge is 0.230 e. The number of hydrogen-bond donors (Lipinski definition) is 3. The number of aliphatic hydroxyl groups is 2. The molecule has 3 rings (SSSR count). The van der Waals surface area contributed by atoms with Crippen LogP contribution in [0, 0.1) is 3.70 Å². The van der Waals surface area contributed by atoms with Crippen molar-refractivity contribution in [2.75, 3.05) is 19.5 Å². The molecule has 0 unspecified atom stereocenters. The molecule has 0 spiro atoms. The van der Waals surface area contributed by atoms with Crippen LogP contribution in [0.4, 0.5) is 5.95 Å². The van der Waals surface area contributed by atoms with E-state index in [1.165, 1.54) is 11.8 Å². The summed E-state index contributed by atoms with van der Waals surface area (Å²) in [5, 5.41) is 24.0. The monoisotopic (exact) mass is 407 g/mol. The van der Waals surface area contributed by atoms with Crippen LogP contribution in [0.2, 0.25) is 0 Å². The van der Waals surface area contributed by atoms with Gasteiger partial charge in [0, 0.05) is 6.42 Å². The van der Waals surface area contributed by atoms with E-state index in [1.54, 1.807) is 0 Å². The molecule has 0 bridgehead atoms. The number of aliphatic hydroxyl groups excluding tert-OH is 2. The fourth-order valence-electron chi connectivity index (χ4n) is 2.36. The molecule has 0 aliphatic carbocycles. The van der Waals surface area contributed by atoms with Crippen LogP contribution in [-0.4, -0.2) is 55.9 Å². The molecule has 0 saturated carbocycles. The maximum Gasteiger partial charge on any atom is 0.230 e. The van der Waals surface area contributed by atoms with E-state index in [0.717, 1.165) is 0 Å². The van der Waals surface area contributed by atoms with Crippen LogP contribution in [0.5, 0.6) is 5.88 Å². The lowest BCUT2D eigenvalue weighted by molar-refractivity contribution is -0.0471. The van der Waals surface area contributed by atoms with Crippen LogP contribution in [-0.2, 0) is 4.74 Å². The van der Waals surface area contributed by atoms with E-state index >= 15 is 0 Å². The molecule has 1 aliphatic heterocycles. The van der Waals surface area contributed by atoms with Crippen molar-refractivity contribution in [2.24, 2.45) is 0 Å². The average Bonchev–Trinajstić information content (AvgIpc) is 2.98. The summed E-state index contributed by atoms with van der Waals surface area (Å²) < 4.78 is 13.0. The average molecular weight is 407 g/mol. The van der Waals surface area contributed by atoms with Crippen LogP contribution < -0.4 is 10.5 Å². The summed E-state index contributed by atoms with van der Waals surface area (Å²) in [5.74, 6) is 0.402. The standard InChI is InChI=1S/C11H14IN5O4/c1-20-10-7-8(12)16-17(9(7)14-11(13)15-10)6-2-4(19)5(3-18)21-6/h4-6,18-19H,2-3H2,1H3,(H2,13,14,15)/t4-,5-,6-/m1/s1. The second-order valence-corrected chi connectivity index (χ2v) is 5.66. The van der Waals surface area contributed by atoms with E-state index < -0.39 is 18.4 Å². The summed E-state index contributed by atoms with van der Waals surface area (Å²) in [6.07, 6.45) is -1.60. The highest BCUT2D eigenvalue weighted by Crippen LogP contribution is 2.34. The predicted molar refractivity (Wildman–Crippen MR) is 80.6 cm³/mol. The van der Waals surface area contributed by atoms with Crippen LogP contribution in [0.25, 0.3) is 11.0 Å². The lowest BCUT2D eigenvalue weighted by Gasteiger charge is -2.13. The highest BCUT2D eigenvalue weighted by Gasteiger charge is 2.36. The topological polar surface area (TPSA) is 129 Å². The lowest BCUT2D eigenvalue weighted by atomic mass is 10.2. The van der Waals surface area contributed by atoms with Gasteiger partial charge in [0.1, 0.15) is 15.2 Å². The molecule has 4 N–H and O–H groups in total. The van der Waals surface area contributed by atoms with Crippen molar-refractivity contribution in [3.05, 3.63) is 3.70 Å². The fraction of sp³-hybridized carbons (Fsp3) is 0.545. The molecular formula is C11H14IN5O4. The van der Waals surface area contributed by atoms with Crippen molar-refractivity contribution in [3.8, 4) is 5.88 Å². The summed E-state index contributed by atoms with van der Waals surface area (Å²) in [4.78, 5) is 8.21. The third-order valence-electron chi connectivity index (χ3n) is 3.34. The molecule has 1 saturated heterocycles. The van der Waals surface area contributed by atoms with E-state index in [9.17, 15) is 5.11 Å².